The second kappa shape index (κ2) is 6.90. The Bertz CT molecular complexity index is 678. The Hall–Kier alpha value is -1.70. The molecule has 6 heteroatoms. The van der Waals surface area contributed by atoms with Gasteiger partial charge < -0.3 is 14.8 Å². The van der Waals surface area contributed by atoms with Gasteiger partial charge >= 0.3 is 0 Å². The largest absolute Gasteiger partial charge is 0.394 e. The molecule has 4 atom stereocenters. The number of ether oxygens (including phenoxy) is 1. The molecule has 2 aliphatic heterocycles. The zero-order valence-corrected chi connectivity index (χ0v) is 14.3. The number of aliphatic hydroxyl groups excluding tert-OH is 1. The second-order valence-corrected chi connectivity index (χ2v) is 6.63. The molecule has 2 N–H and O–H groups in total. The van der Waals surface area contributed by atoms with E-state index in [0.29, 0.717) is 19.4 Å². The highest BCUT2D eigenvalue weighted by Gasteiger charge is 2.58. The Morgan fingerprint density at radius 2 is 2.08 bits per heavy atom. The summed E-state index contributed by atoms with van der Waals surface area (Å²) in [5.74, 6) is 0.0199. The normalized spacial score (nSPS) is 32.6. The second-order valence-electron chi connectivity index (χ2n) is 6.63. The Morgan fingerprint density at radius 1 is 1.24 bits per heavy atom. The fraction of sp³-hybridized carbons (Fsp3) is 0.474. The quantitative estimate of drug-likeness (QED) is 0.873. The van der Waals surface area contributed by atoms with Crippen molar-refractivity contribution in [3.05, 3.63) is 59.9 Å². The Labute approximate surface area is 147 Å². The van der Waals surface area contributed by atoms with Crippen molar-refractivity contribution >= 4 is 0 Å². The highest BCUT2D eigenvalue weighted by atomic mass is 17.0. The average Bonchev–Trinajstić information content (AvgIpc) is 3.30. The number of rotatable bonds is 5. The van der Waals surface area contributed by atoms with E-state index in [0.717, 1.165) is 11.3 Å². The molecule has 4 rings (SSSR count). The van der Waals surface area contributed by atoms with Crippen LogP contribution in [0.1, 0.15) is 43.0 Å². The van der Waals surface area contributed by atoms with E-state index >= 15 is 0 Å². The van der Waals surface area contributed by atoms with Gasteiger partial charge in [-0.2, -0.15) is 0 Å². The van der Waals surface area contributed by atoms with Crippen molar-refractivity contribution in [2.75, 3.05) is 13.2 Å². The molecule has 2 saturated heterocycles. The number of nitrogens with one attached hydrogen (secondary N) is 1. The first-order chi connectivity index (χ1) is 12.3. The molecule has 3 heterocycles. The topological polar surface area (TPSA) is 67.0 Å². The third-order valence-corrected chi connectivity index (χ3v) is 5.21. The Kier molecular flexibility index (Phi) is 4.62. The molecule has 2 fully saturated rings. The SMILES string of the molecule is CCOC1CC(c2ccc[nH]2)C2(CO)CC(c3ccccc3)ON2O1. The maximum absolute atomic E-state index is 10.3. The van der Waals surface area contributed by atoms with E-state index in [1.165, 1.54) is 5.23 Å². The van der Waals surface area contributed by atoms with E-state index in [1.54, 1.807) is 0 Å². The molecule has 2 aromatic rings. The lowest BCUT2D eigenvalue weighted by molar-refractivity contribution is -0.460. The van der Waals surface area contributed by atoms with Gasteiger partial charge in [0.1, 0.15) is 11.6 Å². The monoisotopic (exact) mass is 344 g/mol. The van der Waals surface area contributed by atoms with Crippen LogP contribution in [0, 0.1) is 0 Å². The lowest BCUT2D eigenvalue weighted by atomic mass is 9.76. The predicted octanol–water partition coefficient (Wildman–Crippen LogP) is 2.91. The summed E-state index contributed by atoms with van der Waals surface area (Å²) in [6.07, 6.45) is 2.66. The molecule has 0 radical (unpaired) electrons. The first kappa shape index (κ1) is 16.8. The number of H-pyrrole nitrogens is 1. The van der Waals surface area contributed by atoms with E-state index in [9.17, 15) is 5.11 Å². The van der Waals surface area contributed by atoms with Crippen LogP contribution in [0.25, 0.3) is 0 Å². The van der Waals surface area contributed by atoms with E-state index < -0.39 is 11.8 Å². The van der Waals surface area contributed by atoms with Crippen molar-refractivity contribution in [1.82, 2.24) is 10.2 Å². The maximum atomic E-state index is 10.3. The van der Waals surface area contributed by atoms with Gasteiger partial charge in [0.2, 0.25) is 0 Å². The molecule has 0 aliphatic carbocycles. The van der Waals surface area contributed by atoms with Gasteiger partial charge in [0.15, 0.2) is 6.29 Å². The first-order valence-corrected chi connectivity index (χ1v) is 8.81. The number of hydroxylamine groups is 2. The number of nitrogens with zero attached hydrogens (tertiary/aromatic N) is 1. The first-order valence-electron chi connectivity index (χ1n) is 8.81. The zero-order valence-electron chi connectivity index (χ0n) is 14.3. The van der Waals surface area contributed by atoms with Crippen LogP contribution in [0.3, 0.4) is 0 Å². The minimum absolute atomic E-state index is 0.0199. The van der Waals surface area contributed by atoms with Gasteiger partial charge in [-0.25, -0.2) is 4.84 Å². The van der Waals surface area contributed by atoms with Gasteiger partial charge in [-0.05, 0) is 24.6 Å². The predicted molar refractivity (Wildman–Crippen MR) is 91.2 cm³/mol. The van der Waals surface area contributed by atoms with Gasteiger partial charge in [-0.1, -0.05) is 35.6 Å². The smallest absolute Gasteiger partial charge is 0.180 e. The molecule has 1 aromatic carbocycles. The molecule has 1 aromatic heterocycles. The summed E-state index contributed by atoms with van der Waals surface area (Å²) in [6, 6.07) is 14.1. The highest BCUT2D eigenvalue weighted by molar-refractivity contribution is 5.24. The van der Waals surface area contributed by atoms with Crippen molar-refractivity contribution in [3.8, 4) is 0 Å². The van der Waals surface area contributed by atoms with E-state index in [-0.39, 0.29) is 18.6 Å². The standard InChI is InChI=1S/C19H24N2O4/c1-2-23-18-11-15(16-9-6-10-20-16)19(13-22)12-17(24-21(19)25-18)14-7-4-3-5-8-14/h3-10,15,17-18,20,22H,2,11-13H2,1H3. The van der Waals surface area contributed by atoms with Crippen LogP contribution in [0.4, 0.5) is 0 Å². The number of fused-ring (bicyclic) bond motifs is 1. The van der Waals surface area contributed by atoms with E-state index in [2.05, 4.69) is 4.98 Å². The molecular weight excluding hydrogens is 320 g/mol. The van der Waals surface area contributed by atoms with Crippen LogP contribution < -0.4 is 0 Å². The number of hydrogen-bond donors (Lipinski definition) is 2. The number of aliphatic hydroxyl groups is 1. The lowest BCUT2D eigenvalue weighted by Gasteiger charge is -2.46. The molecule has 2 aliphatic rings. The van der Waals surface area contributed by atoms with E-state index in [4.69, 9.17) is 14.4 Å². The molecular formula is C19H24N2O4. The summed E-state index contributed by atoms with van der Waals surface area (Å²) in [4.78, 5) is 15.3. The summed E-state index contributed by atoms with van der Waals surface area (Å²) in [7, 11) is 0. The fourth-order valence-electron chi connectivity index (χ4n) is 3.95. The average molecular weight is 344 g/mol. The highest BCUT2D eigenvalue weighted by Crippen LogP contribution is 2.52. The third-order valence-electron chi connectivity index (χ3n) is 5.21. The van der Waals surface area contributed by atoms with Crippen molar-refractivity contribution < 1.29 is 19.5 Å². The minimum atomic E-state index is -0.640. The van der Waals surface area contributed by atoms with Crippen LogP contribution >= 0.6 is 0 Å². The summed E-state index contributed by atoms with van der Waals surface area (Å²) in [6.45, 7) is 2.45. The summed E-state index contributed by atoms with van der Waals surface area (Å²) in [5.41, 5.74) is 1.50. The van der Waals surface area contributed by atoms with Gasteiger partial charge in [-0.15, -0.1) is 0 Å². The van der Waals surface area contributed by atoms with Gasteiger partial charge in [-0.3, -0.25) is 4.84 Å². The van der Waals surface area contributed by atoms with Crippen LogP contribution in [-0.2, 0) is 14.4 Å². The van der Waals surface area contributed by atoms with Crippen molar-refractivity contribution in [1.29, 1.82) is 0 Å². The summed E-state index contributed by atoms with van der Waals surface area (Å²) in [5, 5.41) is 11.8. The number of aromatic amines is 1. The van der Waals surface area contributed by atoms with Crippen LogP contribution in [-0.4, -0.2) is 40.4 Å². The molecule has 0 bridgehead atoms. The molecule has 0 spiro atoms. The number of benzene rings is 1. The lowest BCUT2D eigenvalue weighted by Crippen LogP contribution is -2.57. The van der Waals surface area contributed by atoms with Crippen LogP contribution in [0.5, 0.6) is 0 Å². The van der Waals surface area contributed by atoms with Gasteiger partial charge in [0.25, 0.3) is 0 Å². The molecule has 25 heavy (non-hydrogen) atoms. The fourth-order valence-corrected chi connectivity index (χ4v) is 3.95. The Balaban J connectivity index is 1.68. The number of hydrogen-bond acceptors (Lipinski definition) is 5. The summed E-state index contributed by atoms with van der Waals surface area (Å²) < 4.78 is 5.71. The zero-order chi connectivity index (χ0) is 17.3. The maximum Gasteiger partial charge on any atom is 0.180 e. The summed E-state index contributed by atoms with van der Waals surface area (Å²) >= 11 is 0. The molecule has 0 amide bonds. The third kappa shape index (κ3) is 2.90. The van der Waals surface area contributed by atoms with Gasteiger partial charge in [0.05, 0.1) is 6.61 Å². The minimum Gasteiger partial charge on any atom is -0.394 e. The molecule has 0 saturated carbocycles. The Morgan fingerprint density at radius 3 is 2.76 bits per heavy atom. The van der Waals surface area contributed by atoms with Crippen molar-refractivity contribution in [2.45, 2.75) is 43.6 Å². The van der Waals surface area contributed by atoms with Crippen LogP contribution in [0.2, 0.25) is 0 Å². The van der Waals surface area contributed by atoms with Crippen molar-refractivity contribution in [3.63, 3.8) is 0 Å². The molecule has 134 valence electrons. The number of aromatic nitrogens is 1. The van der Waals surface area contributed by atoms with Crippen molar-refractivity contribution in [2.24, 2.45) is 0 Å². The molecule has 4 unspecified atom stereocenters. The molecule has 6 nitrogen and oxygen atoms in total. The van der Waals surface area contributed by atoms with E-state index in [1.807, 2.05) is 55.6 Å². The van der Waals surface area contributed by atoms with Gasteiger partial charge in [0, 0.05) is 37.3 Å². The van der Waals surface area contributed by atoms with Crippen LogP contribution in [0.15, 0.2) is 48.7 Å².